The van der Waals surface area contributed by atoms with Crippen molar-refractivity contribution in [2.24, 2.45) is 5.73 Å². The molecule has 0 spiro atoms. The smallest absolute Gasteiger partial charge is 0.245 e. The molecule has 0 bridgehead atoms. The SMILES string of the molecule is CCCCCN(c1cc2c(cc1Cl)C(N)C(=O)N2)C(C)C. The van der Waals surface area contributed by atoms with Crippen LogP contribution >= 0.6 is 11.6 Å². The number of hydrogen-bond donors (Lipinski definition) is 2. The second kappa shape index (κ2) is 6.67. The van der Waals surface area contributed by atoms with Crippen molar-refractivity contribution in [2.45, 2.75) is 52.1 Å². The van der Waals surface area contributed by atoms with E-state index in [-0.39, 0.29) is 5.91 Å². The molecular weight excluding hydrogens is 286 g/mol. The van der Waals surface area contributed by atoms with Gasteiger partial charge in [0.25, 0.3) is 0 Å². The first kappa shape index (κ1) is 16.1. The number of hydrogen-bond acceptors (Lipinski definition) is 3. The number of unbranched alkanes of at least 4 members (excludes halogenated alkanes) is 2. The Kier molecular flexibility index (Phi) is 5.12. The molecule has 5 heteroatoms. The number of nitrogens with one attached hydrogen (secondary N) is 1. The Bertz CT molecular complexity index is 530. The summed E-state index contributed by atoms with van der Waals surface area (Å²) in [6, 6.07) is 3.51. The van der Waals surface area contributed by atoms with Crippen molar-refractivity contribution in [3.05, 3.63) is 22.7 Å². The zero-order chi connectivity index (χ0) is 15.6. The molecule has 0 saturated carbocycles. The molecule has 0 radical (unpaired) electrons. The third-order valence-electron chi connectivity index (χ3n) is 3.93. The number of nitrogens with zero attached hydrogens (tertiary/aromatic N) is 1. The summed E-state index contributed by atoms with van der Waals surface area (Å²) in [6.07, 6.45) is 3.52. The van der Waals surface area contributed by atoms with Crippen LogP contribution in [0.25, 0.3) is 0 Å². The fraction of sp³-hybridized carbons (Fsp3) is 0.562. The predicted octanol–water partition coefficient (Wildman–Crippen LogP) is 3.70. The van der Waals surface area contributed by atoms with E-state index in [1.54, 1.807) is 0 Å². The molecule has 1 unspecified atom stereocenters. The number of halogens is 1. The van der Waals surface area contributed by atoms with E-state index in [1.165, 1.54) is 12.8 Å². The highest BCUT2D eigenvalue weighted by Gasteiger charge is 2.29. The Morgan fingerprint density at radius 3 is 2.71 bits per heavy atom. The maximum Gasteiger partial charge on any atom is 0.245 e. The van der Waals surface area contributed by atoms with E-state index in [9.17, 15) is 4.79 Å². The van der Waals surface area contributed by atoms with E-state index in [0.29, 0.717) is 11.1 Å². The summed E-state index contributed by atoms with van der Waals surface area (Å²) in [7, 11) is 0. The Hall–Kier alpha value is -1.26. The fourth-order valence-electron chi connectivity index (χ4n) is 2.70. The highest BCUT2D eigenvalue weighted by atomic mass is 35.5. The molecule has 3 N–H and O–H groups in total. The summed E-state index contributed by atoms with van der Waals surface area (Å²) in [6.45, 7) is 7.46. The van der Waals surface area contributed by atoms with Gasteiger partial charge in [-0.2, -0.15) is 0 Å². The molecule has 4 nitrogen and oxygen atoms in total. The third-order valence-corrected chi connectivity index (χ3v) is 4.23. The fourth-order valence-corrected chi connectivity index (χ4v) is 2.98. The Balaban J connectivity index is 2.30. The van der Waals surface area contributed by atoms with E-state index in [1.807, 2.05) is 12.1 Å². The van der Waals surface area contributed by atoms with Crippen molar-refractivity contribution in [1.82, 2.24) is 0 Å². The second-order valence-electron chi connectivity index (χ2n) is 5.85. The summed E-state index contributed by atoms with van der Waals surface area (Å²) < 4.78 is 0. The quantitative estimate of drug-likeness (QED) is 0.788. The van der Waals surface area contributed by atoms with Gasteiger partial charge in [0, 0.05) is 23.8 Å². The first-order valence-corrected chi connectivity index (χ1v) is 8.00. The van der Waals surface area contributed by atoms with Crippen LogP contribution in [0.5, 0.6) is 0 Å². The van der Waals surface area contributed by atoms with Gasteiger partial charge in [-0.05, 0) is 32.4 Å². The van der Waals surface area contributed by atoms with Crippen molar-refractivity contribution < 1.29 is 4.79 Å². The molecule has 2 rings (SSSR count). The normalized spacial score (nSPS) is 17.0. The largest absolute Gasteiger partial charge is 0.368 e. The predicted molar refractivity (Wildman–Crippen MR) is 89.0 cm³/mol. The average Bonchev–Trinajstić information content (AvgIpc) is 2.70. The lowest BCUT2D eigenvalue weighted by atomic mass is 10.1. The summed E-state index contributed by atoms with van der Waals surface area (Å²) in [5.41, 5.74) is 8.40. The molecule has 0 saturated heterocycles. The van der Waals surface area contributed by atoms with Crippen molar-refractivity contribution in [2.75, 3.05) is 16.8 Å². The standard InChI is InChI=1S/C16H24ClN3O/c1-4-5-6-7-20(10(2)3)14-9-13-11(8-12(14)17)15(18)16(21)19-13/h8-10,15H,4-7,18H2,1-3H3,(H,19,21). The lowest BCUT2D eigenvalue weighted by Gasteiger charge is -2.30. The van der Waals surface area contributed by atoms with Gasteiger partial charge in [0.1, 0.15) is 6.04 Å². The maximum atomic E-state index is 11.7. The summed E-state index contributed by atoms with van der Waals surface area (Å²) in [4.78, 5) is 14.0. The van der Waals surface area contributed by atoms with E-state index < -0.39 is 6.04 Å². The Labute approximate surface area is 131 Å². The van der Waals surface area contributed by atoms with Crippen LogP contribution in [0.4, 0.5) is 11.4 Å². The Morgan fingerprint density at radius 2 is 2.10 bits per heavy atom. The first-order valence-electron chi connectivity index (χ1n) is 7.62. The van der Waals surface area contributed by atoms with Crippen molar-refractivity contribution in [3.63, 3.8) is 0 Å². The molecule has 1 aliphatic heterocycles. The zero-order valence-corrected chi connectivity index (χ0v) is 13.7. The van der Waals surface area contributed by atoms with Gasteiger partial charge >= 0.3 is 0 Å². The van der Waals surface area contributed by atoms with Crippen LogP contribution in [0.3, 0.4) is 0 Å². The average molecular weight is 310 g/mol. The minimum atomic E-state index is -0.612. The van der Waals surface area contributed by atoms with Crippen LogP contribution in [-0.4, -0.2) is 18.5 Å². The molecule has 1 aliphatic rings. The van der Waals surface area contributed by atoms with Crippen LogP contribution < -0.4 is 16.0 Å². The molecule has 1 aromatic carbocycles. The molecular formula is C16H24ClN3O. The van der Waals surface area contributed by atoms with Gasteiger partial charge in [0.15, 0.2) is 0 Å². The number of rotatable bonds is 6. The van der Waals surface area contributed by atoms with Gasteiger partial charge in [-0.25, -0.2) is 0 Å². The molecule has 21 heavy (non-hydrogen) atoms. The highest BCUT2D eigenvalue weighted by molar-refractivity contribution is 6.33. The lowest BCUT2D eigenvalue weighted by Crippen LogP contribution is -2.32. The van der Waals surface area contributed by atoms with E-state index in [4.69, 9.17) is 17.3 Å². The summed E-state index contributed by atoms with van der Waals surface area (Å²) in [5.74, 6) is -0.166. The molecule has 0 aromatic heterocycles. The van der Waals surface area contributed by atoms with Gasteiger partial charge < -0.3 is 16.0 Å². The number of carbonyl (C=O) groups is 1. The van der Waals surface area contributed by atoms with Gasteiger partial charge in [0.05, 0.1) is 10.7 Å². The van der Waals surface area contributed by atoms with Crippen molar-refractivity contribution >= 4 is 28.9 Å². The molecule has 1 atom stereocenters. The van der Waals surface area contributed by atoms with E-state index in [2.05, 4.69) is 31.0 Å². The van der Waals surface area contributed by atoms with Crippen molar-refractivity contribution in [1.29, 1.82) is 0 Å². The summed E-state index contributed by atoms with van der Waals surface area (Å²) in [5, 5.41) is 3.48. The monoisotopic (exact) mass is 309 g/mol. The minimum Gasteiger partial charge on any atom is -0.368 e. The highest BCUT2D eigenvalue weighted by Crippen LogP contribution is 2.38. The van der Waals surface area contributed by atoms with Gasteiger partial charge in [-0.3, -0.25) is 4.79 Å². The van der Waals surface area contributed by atoms with Crippen LogP contribution in [-0.2, 0) is 4.79 Å². The number of anilines is 2. The molecule has 0 aliphatic carbocycles. The number of amides is 1. The molecule has 1 aromatic rings. The van der Waals surface area contributed by atoms with Gasteiger partial charge in [-0.1, -0.05) is 31.4 Å². The van der Waals surface area contributed by atoms with Crippen molar-refractivity contribution in [3.8, 4) is 0 Å². The zero-order valence-electron chi connectivity index (χ0n) is 12.9. The molecule has 116 valence electrons. The van der Waals surface area contributed by atoms with Crippen LogP contribution in [0.1, 0.15) is 51.6 Å². The lowest BCUT2D eigenvalue weighted by molar-refractivity contribution is -0.116. The number of nitrogens with two attached hydrogens (primary N) is 1. The van der Waals surface area contributed by atoms with Gasteiger partial charge in [-0.15, -0.1) is 0 Å². The number of fused-ring (bicyclic) bond motifs is 1. The molecule has 0 fully saturated rings. The maximum absolute atomic E-state index is 11.7. The minimum absolute atomic E-state index is 0.166. The number of benzene rings is 1. The first-order chi connectivity index (χ1) is 9.95. The van der Waals surface area contributed by atoms with E-state index >= 15 is 0 Å². The molecule has 1 heterocycles. The second-order valence-corrected chi connectivity index (χ2v) is 6.26. The Morgan fingerprint density at radius 1 is 1.38 bits per heavy atom. The van der Waals surface area contributed by atoms with Gasteiger partial charge in [0.2, 0.25) is 5.91 Å². The molecule has 1 amide bonds. The van der Waals surface area contributed by atoms with E-state index in [0.717, 1.165) is 29.9 Å². The van der Waals surface area contributed by atoms with Crippen LogP contribution in [0, 0.1) is 0 Å². The summed E-state index contributed by atoms with van der Waals surface area (Å²) >= 11 is 6.44. The number of carbonyl (C=O) groups excluding carboxylic acids is 1. The topological polar surface area (TPSA) is 58.4 Å². The third kappa shape index (κ3) is 3.33. The van der Waals surface area contributed by atoms with Crippen LogP contribution in [0.15, 0.2) is 12.1 Å². The van der Waals surface area contributed by atoms with Crippen LogP contribution in [0.2, 0.25) is 5.02 Å².